The third-order valence-electron chi connectivity index (χ3n) is 4.59. The van der Waals surface area contributed by atoms with E-state index in [4.69, 9.17) is 0 Å². The molecule has 7 nitrogen and oxygen atoms in total. The van der Waals surface area contributed by atoms with Crippen molar-refractivity contribution in [1.29, 1.82) is 0 Å². The molecule has 2 N–H and O–H groups in total. The lowest BCUT2D eigenvalue weighted by atomic mass is 10.2. The van der Waals surface area contributed by atoms with Crippen LogP contribution in [0.2, 0.25) is 0 Å². The first-order valence-electron chi connectivity index (χ1n) is 10.0. The summed E-state index contributed by atoms with van der Waals surface area (Å²) in [6.07, 6.45) is 0. The van der Waals surface area contributed by atoms with E-state index in [0.29, 0.717) is 17.2 Å². The minimum Gasteiger partial charge on any atom is -0.357 e. The molecule has 0 aliphatic heterocycles. The summed E-state index contributed by atoms with van der Waals surface area (Å²) in [5, 5.41) is 3.16. The monoisotopic (exact) mass is 443 g/mol. The lowest BCUT2D eigenvalue weighted by Gasteiger charge is -2.20. The number of aromatic nitrogens is 2. The minimum atomic E-state index is -3.67. The van der Waals surface area contributed by atoms with Crippen LogP contribution < -0.4 is 14.9 Å². The largest absolute Gasteiger partial charge is 0.357 e. The quantitative estimate of drug-likeness (QED) is 0.508. The number of benzene rings is 2. The van der Waals surface area contributed by atoms with E-state index in [0.717, 1.165) is 30.3 Å². The van der Waals surface area contributed by atoms with E-state index >= 15 is 0 Å². The van der Waals surface area contributed by atoms with Gasteiger partial charge in [-0.3, -0.25) is 4.72 Å². The predicted molar refractivity (Wildman–Crippen MR) is 123 cm³/mol. The third-order valence-corrected chi connectivity index (χ3v) is 5.85. The summed E-state index contributed by atoms with van der Waals surface area (Å²) in [6, 6.07) is 14.3. The van der Waals surface area contributed by atoms with Crippen LogP contribution in [0.15, 0.2) is 54.6 Å². The normalized spacial score (nSPS) is 11.2. The van der Waals surface area contributed by atoms with Crippen LogP contribution in [-0.2, 0) is 15.8 Å². The summed E-state index contributed by atoms with van der Waals surface area (Å²) in [6.45, 7) is 7.74. The molecule has 0 fully saturated rings. The molecule has 0 atom stereocenters. The fourth-order valence-electron chi connectivity index (χ4n) is 3.13. The summed E-state index contributed by atoms with van der Waals surface area (Å²) in [5.74, 6) is 0.546. The molecule has 31 heavy (non-hydrogen) atoms. The molecule has 3 rings (SSSR count). The number of anilines is 4. The molecule has 0 bridgehead atoms. The van der Waals surface area contributed by atoms with Gasteiger partial charge >= 0.3 is 0 Å². The van der Waals surface area contributed by atoms with Crippen molar-refractivity contribution in [2.45, 2.75) is 26.5 Å². The lowest BCUT2D eigenvalue weighted by Crippen LogP contribution is -2.23. The molecule has 0 saturated heterocycles. The van der Waals surface area contributed by atoms with E-state index in [1.165, 1.54) is 18.2 Å². The Kier molecular flexibility index (Phi) is 7.06. The second-order valence-corrected chi connectivity index (χ2v) is 8.78. The standard InChI is InChI=1S/C22H26FN5O2S/c1-4-28(5-2)21-13-16(3)24-22(26-21)25-19-9-11-20(12-10-19)27-31(29,30)15-17-7-6-8-18(23)14-17/h6-14,27H,4-5,15H2,1-3H3,(H,24,25,26). The molecule has 1 aromatic heterocycles. The van der Waals surface area contributed by atoms with Gasteiger partial charge in [0.25, 0.3) is 0 Å². The maximum atomic E-state index is 13.3. The van der Waals surface area contributed by atoms with E-state index in [2.05, 4.69) is 38.8 Å². The smallest absolute Gasteiger partial charge is 0.236 e. The first-order valence-corrected chi connectivity index (χ1v) is 11.7. The molecule has 0 radical (unpaired) electrons. The summed E-state index contributed by atoms with van der Waals surface area (Å²) in [5.41, 5.74) is 2.37. The first-order chi connectivity index (χ1) is 14.8. The zero-order valence-corrected chi connectivity index (χ0v) is 18.6. The van der Waals surface area contributed by atoms with Crippen molar-refractivity contribution < 1.29 is 12.8 Å². The summed E-state index contributed by atoms with van der Waals surface area (Å²) in [4.78, 5) is 11.1. The number of halogens is 1. The summed E-state index contributed by atoms with van der Waals surface area (Å²) in [7, 11) is -3.67. The van der Waals surface area contributed by atoms with Crippen LogP contribution in [0, 0.1) is 12.7 Å². The van der Waals surface area contributed by atoms with Crippen molar-refractivity contribution >= 4 is 33.2 Å². The van der Waals surface area contributed by atoms with Crippen LogP contribution >= 0.6 is 0 Å². The molecule has 9 heteroatoms. The highest BCUT2D eigenvalue weighted by Crippen LogP contribution is 2.21. The van der Waals surface area contributed by atoms with Gasteiger partial charge in [-0.1, -0.05) is 12.1 Å². The fraction of sp³-hybridized carbons (Fsp3) is 0.273. The topological polar surface area (TPSA) is 87.2 Å². The Hall–Kier alpha value is -3.20. The van der Waals surface area contributed by atoms with Gasteiger partial charge in [-0.15, -0.1) is 0 Å². The molecular formula is C22H26FN5O2S. The van der Waals surface area contributed by atoms with Gasteiger partial charge in [-0.2, -0.15) is 4.98 Å². The molecule has 0 spiro atoms. The molecule has 3 aromatic rings. The van der Waals surface area contributed by atoms with Gasteiger partial charge in [0.1, 0.15) is 11.6 Å². The number of hydrogen-bond donors (Lipinski definition) is 2. The third kappa shape index (κ3) is 6.39. The van der Waals surface area contributed by atoms with Crippen LogP contribution in [0.1, 0.15) is 25.1 Å². The Morgan fingerprint density at radius 2 is 1.65 bits per heavy atom. The zero-order chi connectivity index (χ0) is 22.4. The highest BCUT2D eigenvalue weighted by atomic mass is 32.2. The Bertz CT molecular complexity index is 1130. The molecule has 0 unspecified atom stereocenters. The maximum absolute atomic E-state index is 13.3. The van der Waals surface area contributed by atoms with Crippen molar-refractivity contribution in [2.24, 2.45) is 0 Å². The van der Waals surface area contributed by atoms with Crippen LogP contribution in [0.4, 0.5) is 27.5 Å². The summed E-state index contributed by atoms with van der Waals surface area (Å²) >= 11 is 0. The average molecular weight is 444 g/mol. The van der Waals surface area contributed by atoms with Crippen molar-refractivity contribution in [1.82, 2.24) is 9.97 Å². The van der Waals surface area contributed by atoms with Gasteiger partial charge in [0, 0.05) is 36.2 Å². The molecule has 0 aliphatic carbocycles. The Balaban J connectivity index is 1.69. The minimum absolute atomic E-state index is 0.309. The molecule has 2 aromatic carbocycles. The Morgan fingerprint density at radius 1 is 0.968 bits per heavy atom. The zero-order valence-electron chi connectivity index (χ0n) is 17.8. The molecule has 0 saturated carbocycles. The predicted octanol–water partition coefficient (Wildman–Crippen LogP) is 4.46. The molecule has 0 amide bonds. The van der Waals surface area contributed by atoms with Crippen molar-refractivity contribution in [2.75, 3.05) is 28.0 Å². The van der Waals surface area contributed by atoms with Crippen molar-refractivity contribution in [3.05, 3.63) is 71.7 Å². The van der Waals surface area contributed by atoms with Gasteiger partial charge < -0.3 is 10.2 Å². The molecular weight excluding hydrogens is 417 g/mol. The Morgan fingerprint density at radius 3 is 2.29 bits per heavy atom. The maximum Gasteiger partial charge on any atom is 0.236 e. The van der Waals surface area contributed by atoms with E-state index < -0.39 is 15.8 Å². The van der Waals surface area contributed by atoms with E-state index in [1.54, 1.807) is 30.3 Å². The van der Waals surface area contributed by atoms with Crippen LogP contribution in [0.3, 0.4) is 0 Å². The number of nitrogens with one attached hydrogen (secondary N) is 2. The van der Waals surface area contributed by atoms with E-state index in [9.17, 15) is 12.8 Å². The Labute approximate surface area is 182 Å². The van der Waals surface area contributed by atoms with E-state index in [1.807, 2.05) is 13.0 Å². The van der Waals surface area contributed by atoms with Gasteiger partial charge in [0.15, 0.2) is 0 Å². The van der Waals surface area contributed by atoms with Gasteiger partial charge in [-0.05, 0) is 62.7 Å². The number of nitrogens with zero attached hydrogens (tertiary/aromatic N) is 3. The van der Waals surface area contributed by atoms with Gasteiger partial charge in [0.2, 0.25) is 16.0 Å². The molecule has 1 heterocycles. The SMILES string of the molecule is CCN(CC)c1cc(C)nc(Nc2ccc(NS(=O)(=O)Cc3cccc(F)c3)cc2)n1. The highest BCUT2D eigenvalue weighted by Gasteiger charge is 2.13. The average Bonchev–Trinajstić information content (AvgIpc) is 2.69. The van der Waals surface area contributed by atoms with Crippen LogP contribution in [0.5, 0.6) is 0 Å². The van der Waals surface area contributed by atoms with Crippen molar-refractivity contribution in [3.63, 3.8) is 0 Å². The highest BCUT2D eigenvalue weighted by molar-refractivity contribution is 7.91. The second kappa shape index (κ2) is 9.74. The fourth-order valence-corrected chi connectivity index (χ4v) is 4.32. The number of aryl methyl sites for hydroxylation is 1. The van der Waals surface area contributed by atoms with Gasteiger partial charge in [-0.25, -0.2) is 17.8 Å². The molecule has 0 aliphatic rings. The second-order valence-electron chi connectivity index (χ2n) is 7.06. The summed E-state index contributed by atoms with van der Waals surface area (Å²) < 4.78 is 40.6. The van der Waals surface area contributed by atoms with Crippen LogP contribution in [0.25, 0.3) is 0 Å². The van der Waals surface area contributed by atoms with Crippen molar-refractivity contribution in [3.8, 4) is 0 Å². The first kappa shape index (κ1) is 22.5. The molecule has 164 valence electrons. The van der Waals surface area contributed by atoms with Gasteiger partial charge in [0.05, 0.1) is 5.75 Å². The number of hydrogen-bond acceptors (Lipinski definition) is 6. The van der Waals surface area contributed by atoms with E-state index in [-0.39, 0.29) is 5.75 Å². The number of sulfonamides is 1. The number of rotatable bonds is 9. The lowest BCUT2D eigenvalue weighted by molar-refractivity contribution is 0.599. The van der Waals surface area contributed by atoms with Crippen LogP contribution in [-0.4, -0.2) is 31.5 Å².